The van der Waals surface area contributed by atoms with Gasteiger partial charge in [-0.15, -0.1) is 0 Å². The van der Waals surface area contributed by atoms with Crippen LogP contribution in [0.5, 0.6) is 0 Å². The second kappa shape index (κ2) is 6.23. The van der Waals surface area contributed by atoms with E-state index in [1.54, 1.807) is 18.7 Å². The van der Waals surface area contributed by atoms with E-state index in [-0.39, 0.29) is 11.7 Å². The maximum Gasteiger partial charge on any atom is 0.236 e. The standard InChI is InChI=1S/C13H26N4O2/c1-5-10(2)16-6-8-17(9-7-16)12(18)13(3,4)11(14)15-19/h10,19H,5-9H2,1-4H3,(H2,14,15). The third-order valence-electron chi connectivity index (χ3n) is 4.10. The van der Waals surface area contributed by atoms with Gasteiger partial charge in [0.25, 0.3) is 0 Å². The highest BCUT2D eigenvalue weighted by Crippen LogP contribution is 2.21. The average Bonchev–Trinajstić information content (AvgIpc) is 2.44. The number of hydrogen-bond donors (Lipinski definition) is 2. The molecule has 0 aliphatic carbocycles. The second-order valence-corrected chi connectivity index (χ2v) is 5.70. The van der Waals surface area contributed by atoms with Crippen molar-refractivity contribution in [2.75, 3.05) is 26.2 Å². The molecule has 0 spiro atoms. The lowest BCUT2D eigenvalue weighted by molar-refractivity contribution is -0.139. The van der Waals surface area contributed by atoms with Crippen molar-refractivity contribution in [3.8, 4) is 0 Å². The van der Waals surface area contributed by atoms with Crippen LogP contribution in [-0.2, 0) is 4.79 Å². The number of hydrogen-bond acceptors (Lipinski definition) is 4. The van der Waals surface area contributed by atoms with E-state index in [0.717, 1.165) is 19.5 Å². The quantitative estimate of drug-likeness (QED) is 0.341. The average molecular weight is 270 g/mol. The summed E-state index contributed by atoms with van der Waals surface area (Å²) in [4.78, 5) is 16.6. The molecule has 1 saturated heterocycles. The van der Waals surface area contributed by atoms with Gasteiger partial charge in [-0.3, -0.25) is 9.69 Å². The van der Waals surface area contributed by atoms with E-state index in [4.69, 9.17) is 10.9 Å². The minimum absolute atomic E-state index is 0.0399. The molecule has 3 N–H and O–H groups in total. The SMILES string of the molecule is CCC(C)N1CCN(C(=O)C(C)(C)C(N)=NO)CC1. The molecule has 0 aromatic rings. The Kier molecular flexibility index (Phi) is 5.17. The van der Waals surface area contributed by atoms with Gasteiger partial charge >= 0.3 is 0 Å². The van der Waals surface area contributed by atoms with Gasteiger partial charge in [0.2, 0.25) is 5.91 Å². The minimum Gasteiger partial charge on any atom is -0.409 e. The number of amidine groups is 1. The minimum atomic E-state index is -0.951. The van der Waals surface area contributed by atoms with E-state index in [2.05, 4.69) is 23.9 Å². The Morgan fingerprint density at radius 1 is 1.37 bits per heavy atom. The molecule has 1 rings (SSSR count). The maximum atomic E-state index is 12.4. The summed E-state index contributed by atoms with van der Waals surface area (Å²) in [6, 6.07) is 0.550. The number of nitrogens with zero attached hydrogens (tertiary/aromatic N) is 3. The molecule has 1 aliphatic rings. The van der Waals surface area contributed by atoms with E-state index in [0.29, 0.717) is 19.1 Å². The van der Waals surface area contributed by atoms with Crippen LogP contribution in [0.1, 0.15) is 34.1 Å². The molecule has 1 atom stereocenters. The van der Waals surface area contributed by atoms with Gasteiger partial charge < -0.3 is 15.8 Å². The van der Waals surface area contributed by atoms with Crippen LogP contribution in [-0.4, -0.2) is 59.0 Å². The first-order chi connectivity index (χ1) is 8.84. The molecular weight excluding hydrogens is 244 g/mol. The van der Waals surface area contributed by atoms with Crippen molar-refractivity contribution < 1.29 is 10.0 Å². The maximum absolute atomic E-state index is 12.4. The normalized spacial score (nSPS) is 20.4. The first kappa shape index (κ1) is 15.8. The summed E-state index contributed by atoms with van der Waals surface area (Å²) in [5, 5.41) is 11.7. The van der Waals surface area contributed by atoms with Crippen molar-refractivity contribution in [3.63, 3.8) is 0 Å². The van der Waals surface area contributed by atoms with Crippen molar-refractivity contribution >= 4 is 11.7 Å². The smallest absolute Gasteiger partial charge is 0.236 e. The summed E-state index contributed by atoms with van der Waals surface area (Å²) in [6.45, 7) is 10.9. The van der Waals surface area contributed by atoms with Gasteiger partial charge in [-0.05, 0) is 27.2 Å². The zero-order chi connectivity index (χ0) is 14.6. The molecule has 0 aromatic carbocycles. The molecule has 1 unspecified atom stereocenters. The number of piperazine rings is 1. The van der Waals surface area contributed by atoms with E-state index in [1.807, 2.05) is 0 Å². The Hall–Kier alpha value is -1.30. The topological polar surface area (TPSA) is 82.2 Å². The Bertz CT molecular complexity index is 347. The zero-order valence-corrected chi connectivity index (χ0v) is 12.4. The molecule has 110 valence electrons. The van der Waals surface area contributed by atoms with Gasteiger partial charge in [-0.25, -0.2) is 0 Å². The molecule has 1 fully saturated rings. The highest BCUT2D eigenvalue weighted by Gasteiger charge is 2.37. The van der Waals surface area contributed by atoms with Crippen LogP contribution in [0.15, 0.2) is 5.16 Å². The zero-order valence-electron chi connectivity index (χ0n) is 12.4. The number of nitrogens with two attached hydrogens (primary N) is 1. The molecule has 1 aliphatic heterocycles. The van der Waals surface area contributed by atoms with Crippen LogP contribution < -0.4 is 5.73 Å². The second-order valence-electron chi connectivity index (χ2n) is 5.70. The molecule has 1 amide bonds. The fraction of sp³-hybridized carbons (Fsp3) is 0.846. The molecule has 0 radical (unpaired) electrons. The number of carbonyl (C=O) groups excluding carboxylic acids is 1. The van der Waals surface area contributed by atoms with Crippen LogP contribution >= 0.6 is 0 Å². The summed E-state index contributed by atoms with van der Waals surface area (Å²) >= 11 is 0. The van der Waals surface area contributed by atoms with Gasteiger partial charge in [0.15, 0.2) is 5.84 Å². The summed E-state index contributed by atoms with van der Waals surface area (Å²) in [7, 11) is 0. The summed E-state index contributed by atoms with van der Waals surface area (Å²) in [5.74, 6) is -0.117. The van der Waals surface area contributed by atoms with Crippen molar-refractivity contribution in [2.24, 2.45) is 16.3 Å². The van der Waals surface area contributed by atoms with Gasteiger partial charge in [0.1, 0.15) is 5.41 Å². The fourth-order valence-corrected chi connectivity index (χ4v) is 2.25. The lowest BCUT2D eigenvalue weighted by atomic mass is 9.90. The van der Waals surface area contributed by atoms with Crippen LogP contribution in [0.4, 0.5) is 0 Å². The van der Waals surface area contributed by atoms with Crippen molar-refractivity contribution in [1.82, 2.24) is 9.80 Å². The Morgan fingerprint density at radius 3 is 2.32 bits per heavy atom. The number of amides is 1. The fourth-order valence-electron chi connectivity index (χ4n) is 2.25. The number of rotatable bonds is 4. The van der Waals surface area contributed by atoms with Gasteiger partial charge in [0, 0.05) is 32.2 Å². The predicted octanol–water partition coefficient (Wildman–Crippen LogP) is 0.702. The van der Waals surface area contributed by atoms with Crippen molar-refractivity contribution in [1.29, 1.82) is 0 Å². The molecule has 6 nitrogen and oxygen atoms in total. The largest absolute Gasteiger partial charge is 0.409 e. The van der Waals surface area contributed by atoms with E-state index in [1.165, 1.54) is 0 Å². The Balaban J connectivity index is 2.63. The highest BCUT2D eigenvalue weighted by molar-refractivity contribution is 6.05. The van der Waals surface area contributed by atoms with E-state index >= 15 is 0 Å². The van der Waals surface area contributed by atoms with Crippen molar-refractivity contribution in [3.05, 3.63) is 0 Å². The van der Waals surface area contributed by atoms with Crippen LogP contribution in [0, 0.1) is 5.41 Å². The molecule has 19 heavy (non-hydrogen) atoms. The number of oxime groups is 1. The van der Waals surface area contributed by atoms with Gasteiger partial charge in [-0.2, -0.15) is 0 Å². The third-order valence-corrected chi connectivity index (χ3v) is 4.10. The Labute approximate surface area is 115 Å². The molecule has 0 bridgehead atoms. The Morgan fingerprint density at radius 2 is 1.89 bits per heavy atom. The van der Waals surface area contributed by atoms with Crippen LogP contribution in [0.2, 0.25) is 0 Å². The summed E-state index contributed by atoms with van der Waals surface area (Å²) < 4.78 is 0. The number of carbonyl (C=O) groups is 1. The molecule has 6 heteroatoms. The van der Waals surface area contributed by atoms with Crippen LogP contribution in [0.3, 0.4) is 0 Å². The molecule has 0 aromatic heterocycles. The van der Waals surface area contributed by atoms with Gasteiger partial charge in [-0.1, -0.05) is 12.1 Å². The highest BCUT2D eigenvalue weighted by atomic mass is 16.4. The first-order valence-electron chi connectivity index (χ1n) is 6.86. The lowest BCUT2D eigenvalue weighted by Crippen LogP contribution is -2.56. The summed E-state index contributed by atoms with van der Waals surface area (Å²) in [5.41, 5.74) is 4.65. The third kappa shape index (κ3) is 3.37. The van der Waals surface area contributed by atoms with Crippen LogP contribution in [0.25, 0.3) is 0 Å². The summed E-state index contributed by atoms with van der Waals surface area (Å²) in [6.07, 6.45) is 1.11. The molecule has 1 heterocycles. The lowest BCUT2D eigenvalue weighted by Gasteiger charge is -2.40. The molecular formula is C13H26N4O2. The first-order valence-corrected chi connectivity index (χ1v) is 6.86. The molecule has 0 saturated carbocycles. The monoisotopic (exact) mass is 270 g/mol. The van der Waals surface area contributed by atoms with E-state index in [9.17, 15) is 4.79 Å². The predicted molar refractivity (Wildman–Crippen MR) is 75.1 cm³/mol. The van der Waals surface area contributed by atoms with Gasteiger partial charge in [0.05, 0.1) is 0 Å². The van der Waals surface area contributed by atoms with Crippen molar-refractivity contribution in [2.45, 2.75) is 40.2 Å². The van der Waals surface area contributed by atoms with E-state index < -0.39 is 5.41 Å².